The number of fused-ring (bicyclic) bond motifs is 6. The van der Waals surface area contributed by atoms with Crippen LogP contribution in [0, 0.1) is 34.5 Å². The van der Waals surface area contributed by atoms with Gasteiger partial charge in [0.25, 0.3) is 0 Å². The molecule has 8 atom stereocenters. The van der Waals surface area contributed by atoms with E-state index >= 15 is 0 Å². The average molecular weight is 342 g/mol. The first-order chi connectivity index (χ1) is 11.9. The highest BCUT2D eigenvalue weighted by atomic mass is 16.3. The SMILES string of the molecule is C=C1CCC2C3C(O)C(O)C4Cc5[nH]ncc5CC4(C)C3CCC12C. The van der Waals surface area contributed by atoms with E-state index in [4.69, 9.17) is 0 Å². The van der Waals surface area contributed by atoms with Gasteiger partial charge in [0.15, 0.2) is 0 Å². The summed E-state index contributed by atoms with van der Waals surface area (Å²) in [6.45, 7) is 9.08. The number of rotatable bonds is 0. The zero-order chi connectivity index (χ0) is 17.6. The summed E-state index contributed by atoms with van der Waals surface area (Å²) in [5.41, 5.74) is 4.03. The van der Waals surface area contributed by atoms with E-state index in [0.717, 1.165) is 37.8 Å². The Kier molecular flexibility index (Phi) is 3.20. The van der Waals surface area contributed by atoms with Crippen molar-refractivity contribution in [1.29, 1.82) is 0 Å². The van der Waals surface area contributed by atoms with Gasteiger partial charge in [-0.3, -0.25) is 5.10 Å². The fraction of sp³-hybridized carbons (Fsp3) is 0.762. The Labute approximate surface area is 149 Å². The molecule has 3 saturated carbocycles. The summed E-state index contributed by atoms with van der Waals surface area (Å²) in [5, 5.41) is 29.6. The van der Waals surface area contributed by atoms with Crippen molar-refractivity contribution < 1.29 is 10.2 Å². The summed E-state index contributed by atoms with van der Waals surface area (Å²) in [7, 11) is 0. The molecule has 136 valence electrons. The summed E-state index contributed by atoms with van der Waals surface area (Å²) in [6, 6.07) is 0. The van der Waals surface area contributed by atoms with Gasteiger partial charge in [-0.15, -0.1) is 0 Å². The lowest BCUT2D eigenvalue weighted by molar-refractivity contribution is -0.201. The highest BCUT2D eigenvalue weighted by Gasteiger charge is 2.63. The van der Waals surface area contributed by atoms with Crippen molar-refractivity contribution in [2.24, 2.45) is 34.5 Å². The van der Waals surface area contributed by atoms with Gasteiger partial charge in [0.05, 0.1) is 18.4 Å². The van der Waals surface area contributed by atoms with Crippen molar-refractivity contribution in [2.75, 3.05) is 0 Å². The number of hydrogen-bond acceptors (Lipinski definition) is 3. The van der Waals surface area contributed by atoms with Crippen molar-refractivity contribution in [3.63, 3.8) is 0 Å². The Hall–Kier alpha value is -1.13. The van der Waals surface area contributed by atoms with Crippen LogP contribution in [-0.4, -0.2) is 32.6 Å². The van der Waals surface area contributed by atoms with Crippen molar-refractivity contribution >= 4 is 0 Å². The molecule has 1 aromatic heterocycles. The summed E-state index contributed by atoms with van der Waals surface area (Å²) in [4.78, 5) is 0. The molecule has 4 aliphatic carbocycles. The molecule has 25 heavy (non-hydrogen) atoms. The second-order valence-corrected chi connectivity index (χ2v) is 9.74. The van der Waals surface area contributed by atoms with E-state index < -0.39 is 12.2 Å². The predicted octanol–water partition coefficient (Wildman–Crippen LogP) is 2.86. The Morgan fingerprint density at radius 3 is 2.76 bits per heavy atom. The molecule has 0 aliphatic heterocycles. The molecule has 0 radical (unpaired) electrons. The Morgan fingerprint density at radius 1 is 1.16 bits per heavy atom. The molecule has 1 heterocycles. The topological polar surface area (TPSA) is 69.1 Å². The number of aromatic nitrogens is 2. The summed E-state index contributed by atoms with van der Waals surface area (Å²) in [5.74, 6) is 1.25. The largest absolute Gasteiger partial charge is 0.390 e. The van der Waals surface area contributed by atoms with Gasteiger partial charge in [-0.05, 0) is 78.6 Å². The average Bonchev–Trinajstić information content (AvgIpc) is 3.15. The third kappa shape index (κ3) is 1.88. The van der Waals surface area contributed by atoms with Gasteiger partial charge in [0.1, 0.15) is 0 Å². The number of allylic oxidation sites excluding steroid dienone is 1. The quantitative estimate of drug-likeness (QED) is 0.635. The minimum Gasteiger partial charge on any atom is -0.390 e. The monoisotopic (exact) mass is 342 g/mol. The van der Waals surface area contributed by atoms with E-state index in [0.29, 0.717) is 11.8 Å². The third-order valence-electron chi connectivity index (χ3n) is 8.94. The number of H-pyrrole nitrogens is 1. The lowest BCUT2D eigenvalue weighted by Gasteiger charge is -2.62. The normalized spacial score (nSPS) is 51.4. The molecule has 0 amide bonds. The molecule has 4 heteroatoms. The Balaban J connectivity index is 1.59. The number of aromatic amines is 1. The van der Waals surface area contributed by atoms with Crippen LogP contribution in [0.4, 0.5) is 0 Å². The highest BCUT2D eigenvalue weighted by Crippen LogP contribution is 2.66. The summed E-state index contributed by atoms with van der Waals surface area (Å²) < 4.78 is 0. The molecule has 5 rings (SSSR count). The van der Waals surface area contributed by atoms with Crippen LogP contribution in [0.3, 0.4) is 0 Å². The Morgan fingerprint density at radius 2 is 1.96 bits per heavy atom. The molecular formula is C21H30N2O2. The smallest absolute Gasteiger partial charge is 0.0839 e. The first-order valence-electron chi connectivity index (χ1n) is 9.92. The maximum Gasteiger partial charge on any atom is 0.0839 e. The van der Waals surface area contributed by atoms with Gasteiger partial charge >= 0.3 is 0 Å². The van der Waals surface area contributed by atoms with E-state index in [2.05, 4.69) is 30.6 Å². The minimum atomic E-state index is -0.640. The molecule has 4 nitrogen and oxygen atoms in total. The van der Waals surface area contributed by atoms with Crippen molar-refractivity contribution in [2.45, 2.75) is 64.6 Å². The van der Waals surface area contributed by atoms with Gasteiger partial charge in [-0.2, -0.15) is 5.10 Å². The van der Waals surface area contributed by atoms with Crippen LogP contribution < -0.4 is 0 Å². The zero-order valence-corrected chi connectivity index (χ0v) is 15.3. The van der Waals surface area contributed by atoms with Crippen LogP contribution in [-0.2, 0) is 12.8 Å². The standard InChI is InChI=1S/C21H30N2O2/c1-11-4-5-13-17-14(6-7-20(11,13)2)21(3)9-12-10-22-23-16(12)8-15(21)18(24)19(17)25/h10,13-15,17-19,24-25H,1,4-9H2,2-3H3,(H,22,23). The van der Waals surface area contributed by atoms with Crippen LogP contribution >= 0.6 is 0 Å². The van der Waals surface area contributed by atoms with E-state index in [9.17, 15) is 10.2 Å². The number of hydrogen-bond donors (Lipinski definition) is 3. The molecule has 0 spiro atoms. The molecule has 1 aromatic rings. The van der Waals surface area contributed by atoms with Gasteiger partial charge in [-0.25, -0.2) is 0 Å². The summed E-state index contributed by atoms with van der Waals surface area (Å²) in [6.07, 6.45) is 7.02. The first-order valence-corrected chi connectivity index (χ1v) is 9.92. The van der Waals surface area contributed by atoms with Crippen molar-refractivity contribution in [3.8, 4) is 0 Å². The number of nitrogens with one attached hydrogen (secondary N) is 1. The van der Waals surface area contributed by atoms with Gasteiger partial charge in [0, 0.05) is 5.69 Å². The first kappa shape index (κ1) is 16.1. The van der Waals surface area contributed by atoms with Crippen LogP contribution in [0.1, 0.15) is 50.8 Å². The molecule has 4 aliphatic rings. The number of nitrogens with zero attached hydrogens (tertiary/aromatic N) is 1. The van der Waals surface area contributed by atoms with Gasteiger partial charge < -0.3 is 10.2 Å². The van der Waals surface area contributed by atoms with Crippen LogP contribution in [0.5, 0.6) is 0 Å². The maximum absolute atomic E-state index is 11.2. The zero-order valence-electron chi connectivity index (χ0n) is 15.3. The number of aliphatic hydroxyl groups is 2. The van der Waals surface area contributed by atoms with Crippen LogP contribution in [0.25, 0.3) is 0 Å². The molecular weight excluding hydrogens is 312 g/mol. The minimum absolute atomic E-state index is 0.0471. The van der Waals surface area contributed by atoms with Crippen molar-refractivity contribution in [3.05, 3.63) is 29.6 Å². The lowest BCUT2D eigenvalue weighted by Crippen LogP contribution is -2.64. The second-order valence-electron chi connectivity index (χ2n) is 9.74. The molecule has 0 saturated heterocycles. The maximum atomic E-state index is 11.2. The highest BCUT2D eigenvalue weighted by molar-refractivity contribution is 5.29. The number of aliphatic hydroxyl groups excluding tert-OH is 2. The fourth-order valence-corrected chi connectivity index (χ4v) is 7.39. The second kappa shape index (κ2) is 4.98. The van der Waals surface area contributed by atoms with Crippen molar-refractivity contribution in [1.82, 2.24) is 10.2 Å². The predicted molar refractivity (Wildman–Crippen MR) is 95.8 cm³/mol. The van der Waals surface area contributed by atoms with E-state index in [1.54, 1.807) is 0 Å². The van der Waals surface area contributed by atoms with E-state index in [1.165, 1.54) is 17.6 Å². The molecule has 3 fully saturated rings. The van der Waals surface area contributed by atoms with Crippen LogP contribution in [0.15, 0.2) is 18.3 Å². The fourth-order valence-electron chi connectivity index (χ4n) is 7.39. The van der Waals surface area contributed by atoms with Gasteiger partial charge in [-0.1, -0.05) is 26.0 Å². The van der Waals surface area contributed by atoms with E-state index in [1.807, 2.05) is 6.20 Å². The lowest BCUT2D eigenvalue weighted by atomic mass is 9.44. The van der Waals surface area contributed by atoms with E-state index in [-0.39, 0.29) is 22.7 Å². The molecule has 8 unspecified atom stereocenters. The van der Waals surface area contributed by atoms with Gasteiger partial charge in [0.2, 0.25) is 0 Å². The molecule has 3 N–H and O–H groups in total. The van der Waals surface area contributed by atoms with Crippen LogP contribution in [0.2, 0.25) is 0 Å². The Bertz CT molecular complexity index is 727. The molecule has 0 aromatic carbocycles. The third-order valence-corrected chi connectivity index (χ3v) is 8.94. The molecule has 0 bridgehead atoms. The summed E-state index contributed by atoms with van der Waals surface area (Å²) >= 11 is 0.